The van der Waals surface area contributed by atoms with Crippen molar-refractivity contribution in [3.8, 4) is 0 Å². The number of carboxylic acid groups (broad SMARTS) is 1. The molecule has 0 aromatic rings. The monoisotopic (exact) mass is 272 g/mol. The van der Waals surface area contributed by atoms with Crippen LogP contribution in [0.2, 0.25) is 0 Å². The Labute approximate surface area is 114 Å². The summed E-state index contributed by atoms with van der Waals surface area (Å²) in [6, 6.07) is 0. The first-order chi connectivity index (χ1) is 8.54. The maximum absolute atomic E-state index is 11.3. The molecule has 2 saturated heterocycles. The molecule has 0 aromatic heterocycles. The Morgan fingerprint density at radius 3 is 2.61 bits per heavy atom. The van der Waals surface area contributed by atoms with E-state index in [0.29, 0.717) is 11.7 Å². The molecule has 5 heteroatoms. The highest BCUT2D eigenvalue weighted by Gasteiger charge is 2.45. The molecule has 4 nitrogen and oxygen atoms in total. The van der Waals surface area contributed by atoms with E-state index in [0.717, 1.165) is 39.0 Å². The smallest absolute Gasteiger partial charge is 0.305 e. The summed E-state index contributed by atoms with van der Waals surface area (Å²) in [7, 11) is 2.14. The first-order valence-corrected chi connectivity index (χ1v) is 7.86. The molecule has 0 bridgehead atoms. The predicted molar refractivity (Wildman–Crippen MR) is 75.2 cm³/mol. The quantitative estimate of drug-likeness (QED) is 0.840. The van der Waals surface area contributed by atoms with Gasteiger partial charge < -0.3 is 10.0 Å². The lowest BCUT2D eigenvalue weighted by molar-refractivity contribution is -0.141. The Bertz CT molecular complexity index is 305. The van der Waals surface area contributed by atoms with Crippen LogP contribution in [-0.2, 0) is 4.79 Å². The number of likely N-dealkylation sites (N-methyl/N-ethyl adjacent to an activating group) is 1. The number of hydrogen-bond acceptors (Lipinski definition) is 4. The van der Waals surface area contributed by atoms with Crippen molar-refractivity contribution in [2.45, 2.75) is 37.0 Å². The van der Waals surface area contributed by atoms with Crippen LogP contribution in [0, 0.1) is 0 Å². The van der Waals surface area contributed by atoms with Gasteiger partial charge in [-0.15, -0.1) is 0 Å². The number of rotatable bonds is 3. The number of carbonyl (C=O) groups is 1. The van der Waals surface area contributed by atoms with E-state index in [1.807, 2.05) is 11.8 Å². The predicted octanol–water partition coefficient (Wildman–Crippen LogP) is 1.36. The first kappa shape index (κ1) is 14.2. The van der Waals surface area contributed by atoms with Crippen LogP contribution in [0.1, 0.15) is 26.2 Å². The molecule has 2 fully saturated rings. The van der Waals surface area contributed by atoms with Gasteiger partial charge in [0.2, 0.25) is 0 Å². The van der Waals surface area contributed by atoms with Crippen LogP contribution >= 0.6 is 11.8 Å². The molecule has 0 spiro atoms. The largest absolute Gasteiger partial charge is 0.481 e. The third kappa shape index (κ3) is 2.83. The summed E-state index contributed by atoms with van der Waals surface area (Å²) < 4.78 is 0. The molecule has 0 aromatic carbocycles. The van der Waals surface area contributed by atoms with Gasteiger partial charge in [-0.2, -0.15) is 11.8 Å². The zero-order valence-electron chi connectivity index (χ0n) is 11.4. The van der Waals surface area contributed by atoms with E-state index >= 15 is 0 Å². The molecule has 2 heterocycles. The normalized spacial score (nSPS) is 35.6. The van der Waals surface area contributed by atoms with Crippen molar-refractivity contribution in [2.24, 2.45) is 0 Å². The van der Waals surface area contributed by atoms with E-state index in [1.165, 1.54) is 5.75 Å². The topological polar surface area (TPSA) is 43.8 Å². The summed E-state index contributed by atoms with van der Waals surface area (Å²) >= 11 is 1.94. The summed E-state index contributed by atoms with van der Waals surface area (Å²) in [6.45, 7) is 6.34. The van der Waals surface area contributed by atoms with Gasteiger partial charge >= 0.3 is 5.97 Å². The van der Waals surface area contributed by atoms with Crippen molar-refractivity contribution >= 4 is 17.7 Å². The van der Waals surface area contributed by atoms with Gasteiger partial charge in [0.05, 0.1) is 6.42 Å². The number of thioether (sulfide) groups is 1. The van der Waals surface area contributed by atoms with Crippen LogP contribution in [0.15, 0.2) is 0 Å². The SMILES string of the molecule is CC1SCCCC1(CC(=O)O)N1CCN(C)CC1. The summed E-state index contributed by atoms with van der Waals surface area (Å²) in [6.07, 6.45) is 2.48. The zero-order valence-corrected chi connectivity index (χ0v) is 12.2. The minimum atomic E-state index is -0.650. The van der Waals surface area contributed by atoms with Gasteiger partial charge in [0, 0.05) is 37.0 Å². The van der Waals surface area contributed by atoms with Crippen LogP contribution < -0.4 is 0 Å². The van der Waals surface area contributed by atoms with Gasteiger partial charge in [-0.1, -0.05) is 6.92 Å². The van der Waals surface area contributed by atoms with Crippen molar-refractivity contribution in [3.05, 3.63) is 0 Å². The molecule has 18 heavy (non-hydrogen) atoms. The third-order valence-electron chi connectivity index (χ3n) is 4.47. The molecule has 2 rings (SSSR count). The van der Waals surface area contributed by atoms with Crippen LogP contribution in [0.3, 0.4) is 0 Å². The minimum absolute atomic E-state index is 0.115. The molecule has 1 N–H and O–H groups in total. The second kappa shape index (κ2) is 5.80. The van der Waals surface area contributed by atoms with E-state index in [2.05, 4.69) is 23.8 Å². The van der Waals surface area contributed by atoms with Crippen molar-refractivity contribution in [3.63, 3.8) is 0 Å². The average molecular weight is 272 g/mol. The third-order valence-corrected chi connectivity index (χ3v) is 5.93. The van der Waals surface area contributed by atoms with Crippen LogP contribution in [0.4, 0.5) is 0 Å². The fourth-order valence-corrected chi connectivity index (χ4v) is 4.59. The van der Waals surface area contributed by atoms with Crippen molar-refractivity contribution in [2.75, 3.05) is 39.0 Å². The standard InChI is InChI=1S/C13H24N2O2S/c1-11-13(10-12(16)17,4-3-9-18-11)15-7-5-14(2)6-8-15/h11H,3-10H2,1-2H3,(H,16,17). The van der Waals surface area contributed by atoms with Crippen molar-refractivity contribution < 1.29 is 9.90 Å². The lowest BCUT2D eigenvalue weighted by atomic mass is 9.83. The Morgan fingerprint density at radius 1 is 1.39 bits per heavy atom. The molecule has 2 unspecified atom stereocenters. The van der Waals surface area contributed by atoms with Gasteiger partial charge in [-0.3, -0.25) is 9.69 Å². The minimum Gasteiger partial charge on any atom is -0.481 e. The molecule has 2 aliphatic heterocycles. The van der Waals surface area contributed by atoms with Crippen molar-refractivity contribution in [1.82, 2.24) is 9.80 Å². The zero-order chi connectivity index (χ0) is 13.2. The van der Waals surface area contributed by atoms with E-state index < -0.39 is 5.97 Å². The van der Waals surface area contributed by atoms with Crippen LogP contribution in [0.25, 0.3) is 0 Å². The fourth-order valence-electron chi connectivity index (χ4n) is 3.27. The maximum Gasteiger partial charge on any atom is 0.305 e. The second-order valence-corrected chi connectivity index (χ2v) is 7.03. The van der Waals surface area contributed by atoms with Gasteiger partial charge in [0.25, 0.3) is 0 Å². The van der Waals surface area contributed by atoms with E-state index in [4.69, 9.17) is 0 Å². The van der Waals surface area contributed by atoms with Gasteiger partial charge in [-0.25, -0.2) is 0 Å². The van der Waals surface area contributed by atoms with E-state index in [-0.39, 0.29) is 5.54 Å². The number of hydrogen-bond donors (Lipinski definition) is 1. The Morgan fingerprint density at radius 2 is 2.06 bits per heavy atom. The summed E-state index contributed by atoms with van der Waals surface area (Å²) in [5.41, 5.74) is -0.115. The highest BCUT2D eigenvalue weighted by atomic mass is 32.2. The van der Waals surface area contributed by atoms with Gasteiger partial charge in [0.1, 0.15) is 0 Å². The Hall–Kier alpha value is -0.260. The summed E-state index contributed by atoms with van der Waals surface area (Å²) in [4.78, 5) is 16.1. The second-order valence-electron chi connectivity index (χ2n) is 5.58. The van der Waals surface area contributed by atoms with E-state index in [1.54, 1.807) is 0 Å². The molecule has 2 aliphatic rings. The maximum atomic E-state index is 11.3. The number of nitrogens with zero attached hydrogens (tertiary/aromatic N) is 2. The lowest BCUT2D eigenvalue weighted by Gasteiger charge is -2.51. The average Bonchev–Trinajstić information content (AvgIpc) is 2.32. The Kier molecular flexibility index (Phi) is 4.56. The summed E-state index contributed by atoms with van der Waals surface area (Å²) in [5.74, 6) is 0.527. The first-order valence-electron chi connectivity index (χ1n) is 6.81. The summed E-state index contributed by atoms with van der Waals surface area (Å²) in [5, 5.41) is 9.71. The number of carboxylic acids is 1. The molecule has 0 radical (unpaired) electrons. The molecule has 0 saturated carbocycles. The molecular formula is C13H24N2O2S. The van der Waals surface area contributed by atoms with Gasteiger partial charge in [-0.05, 0) is 25.6 Å². The molecule has 0 amide bonds. The van der Waals surface area contributed by atoms with Crippen LogP contribution in [0.5, 0.6) is 0 Å². The highest BCUT2D eigenvalue weighted by Crippen LogP contribution is 2.41. The molecule has 2 atom stereocenters. The number of aliphatic carboxylic acids is 1. The van der Waals surface area contributed by atoms with Crippen LogP contribution in [-0.4, -0.2) is 70.6 Å². The molecule has 0 aliphatic carbocycles. The van der Waals surface area contributed by atoms with Gasteiger partial charge in [0.15, 0.2) is 0 Å². The Balaban J connectivity index is 2.15. The van der Waals surface area contributed by atoms with E-state index in [9.17, 15) is 9.90 Å². The highest BCUT2D eigenvalue weighted by molar-refractivity contribution is 8.00. The fraction of sp³-hybridized carbons (Fsp3) is 0.923. The number of piperazine rings is 1. The lowest BCUT2D eigenvalue weighted by Crippen LogP contribution is -2.62. The molecular weight excluding hydrogens is 248 g/mol. The van der Waals surface area contributed by atoms with Crippen molar-refractivity contribution in [1.29, 1.82) is 0 Å². The molecule has 104 valence electrons.